The highest BCUT2D eigenvalue weighted by molar-refractivity contribution is 5.94. The molecule has 0 aliphatic heterocycles. The number of rotatable bonds is 4. The summed E-state index contributed by atoms with van der Waals surface area (Å²) >= 11 is 0. The predicted octanol–water partition coefficient (Wildman–Crippen LogP) is 1.30. The Labute approximate surface area is 117 Å². The van der Waals surface area contributed by atoms with Crippen molar-refractivity contribution in [3.05, 3.63) is 33.7 Å². The van der Waals surface area contributed by atoms with Crippen LogP contribution in [0.25, 0.3) is 0 Å². The van der Waals surface area contributed by atoms with Gasteiger partial charge in [-0.15, -0.1) is 0 Å². The van der Waals surface area contributed by atoms with E-state index in [2.05, 4.69) is 10.3 Å². The highest BCUT2D eigenvalue weighted by Crippen LogP contribution is 2.30. The lowest BCUT2D eigenvalue weighted by Gasteiger charge is -2.38. The molecule has 0 saturated carbocycles. The van der Waals surface area contributed by atoms with Crippen LogP contribution in [0.1, 0.15) is 43.7 Å². The van der Waals surface area contributed by atoms with Crippen LogP contribution < -0.4 is 10.7 Å². The van der Waals surface area contributed by atoms with Crippen molar-refractivity contribution in [2.75, 3.05) is 0 Å². The second kappa shape index (κ2) is 5.11. The SMILES string of the molecule is Cc1cc(=O)c(C(=O)NC(C)(C)C(C)(C)C(=O)O)c[nH]1. The first-order chi connectivity index (χ1) is 8.99. The molecule has 0 fully saturated rings. The maximum Gasteiger partial charge on any atom is 0.311 e. The maximum absolute atomic E-state index is 12.1. The first kappa shape index (κ1) is 15.9. The third kappa shape index (κ3) is 2.89. The largest absolute Gasteiger partial charge is 0.481 e. The Balaban J connectivity index is 3.07. The van der Waals surface area contributed by atoms with Gasteiger partial charge in [0.15, 0.2) is 5.43 Å². The van der Waals surface area contributed by atoms with Gasteiger partial charge in [0.05, 0.1) is 11.0 Å². The normalized spacial score (nSPS) is 12.1. The van der Waals surface area contributed by atoms with E-state index >= 15 is 0 Å². The zero-order chi connectivity index (χ0) is 15.7. The van der Waals surface area contributed by atoms with Crippen LogP contribution in [0.5, 0.6) is 0 Å². The number of nitrogens with one attached hydrogen (secondary N) is 2. The number of aromatic nitrogens is 1. The molecule has 0 aliphatic rings. The number of aliphatic carboxylic acids is 1. The van der Waals surface area contributed by atoms with Crippen molar-refractivity contribution in [2.24, 2.45) is 5.41 Å². The van der Waals surface area contributed by atoms with Crippen molar-refractivity contribution in [2.45, 2.75) is 40.2 Å². The topological polar surface area (TPSA) is 99.3 Å². The molecule has 0 aliphatic carbocycles. The number of amides is 1. The fourth-order valence-electron chi connectivity index (χ4n) is 1.53. The van der Waals surface area contributed by atoms with Crippen LogP contribution in [0.3, 0.4) is 0 Å². The van der Waals surface area contributed by atoms with Gasteiger partial charge in [-0.3, -0.25) is 14.4 Å². The van der Waals surface area contributed by atoms with Gasteiger partial charge in [-0.2, -0.15) is 0 Å². The summed E-state index contributed by atoms with van der Waals surface area (Å²) in [5.41, 5.74) is -1.99. The highest BCUT2D eigenvalue weighted by Gasteiger charge is 2.44. The highest BCUT2D eigenvalue weighted by atomic mass is 16.4. The molecular formula is C14H20N2O4. The molecule has 0 unspecified atom stereocenters. The van der Waals surface area contributed by atoms with Gasteiger partial charge in [0.2, 0.25) is 0 Å². The minimum absolute atomic E-state index is 0.0372. The summed E-state index contributed by atoms with van der Waals surface area (Å²) in [6, 6.07) is 1.32. The van der Waals surface area contributed by atoms with Crippen LogP contribution in [0.2, 0.25) is 0 Å². The van der Waals surface area contributed by atoms with Gasteiger partial charge in [-0.1, -0.05) is 0 Å². The summed E-state index contributed by atoms with van der Waals surface area (Å²) in [4.78, 5) is 38.0. The Morgan fingerprint density at radius 1 is 1.25 bits per heavy atom. The fraction of sp³-hybridized carbons (Fsp3) is 0.500. The van der Waals surface area contributed by atoms with Crippen molar-refractivity contribution in [1.29, 1.82) is 0 Å². The molecule has 6 nitrogen and oxygen atoms in total. The first-order valence-electron chi connectivity index (χ1n) is 6.24. The number of aromatic amines is 1. The molecule has 0 bridgehead atoms. The van der Waals surface area contributed by atoms with E-state index in [-0.39, 0.29) is 5.56 Å². The minimum Gasteiger partial charge on any atom is -0.481 e. The number of carboxylic acid groups (broad SMARTS) is 1. The Bertz CT molecular complexity index is 599. The van der Waals surface area contributed by atoms with Crippen LogP contribution in [0, 0.1) is 12.3 Å². The minimum atomic E-state index is -1.18. The number of carboxylic acids is 1. The van der Waals surface area contributed by atoms with Crippen LogP contribution in [0.4, 0.5) is 0 Å². The molecule has 1 aromatic rings. The zero-order valence-corrected chi connectivity index (χ0v) is 12.3. The number of H-pyrrole nitrogens is 1. The van der Waals surface area contributed by atoms with Gasteiger partial charge >= 0.3 is 5.97 Å². The summed E-state index contributed by atoms with van der Waals surface area (Å²) in [7, 11) is 0. The van der Waals surface area contributed by atoms with E-state index in [1.165, 1.54) is 26.1 Å². The fourth-order valence-corrected chi connectivity index (χ4v) is 1.53. The number of hydrogen-bond donors (Lipinski definition) is 3. The summed E-state index contributed by atoms with van der Waals surface area (Å²) in [6.45, 7) is 7.98. The van der Waals surface area contributed by atoms with E-state index in [1.54, 1.807) is 20.8 Å². The van der Waals surface area contributed by atoms with Crippen molar-refractivity contribution in [3.63, 3.8) is 0 Å². The second-order valence-electron chi connectivity index (χ2n) is 5.90. The lowest BCUT2D eigenvalue weighted by molar-refractivity contribution is -0.150. The summed E-state index contributed by atoms with van der Waals surface area (Å²) in [6.07, 6.45) is 1.33. The van der Waals surface area contributed by atoms with Gasteiger partial charge < -0.3 is 15.4 Å². The van der Waals surface area contributed by atoms with Crippen LogP contribution >= 0.6 is 0 Å². The van der Waals surface area contributed by atoms with Gasteiger partial charge in [-0.05, 0) is 34.6 Å². The van der Waals surface area contributed by atoms with Crippen LogP contribution in [-0.4, -0.2) is 27.5 Å². The van der Waals surface area contributed by atoms with Crippen molar-refractivity contribution < 1.29 is 14.7 Å². The number of hydrogen-bond acceptors (Lipinski definition) is 3. The third-order valence-electron chi connectivity index (χ3n) is 3.83. The number of pyridine rings is 1. The Morgan fingerprint density at radius 2 is 1.80 bits per heavy atom. The van der Waals surface area contributed by atoms with Crippen LogP contribution in [-0.2, 0) is 4.79 Å². The maximum atomic E-state index is 12.1. The Morgan fingerprint density at radius 3 is 2.25 bits per heavy atom. The molecule has 0 atom stereocenters. The number of carbonyl (C=O) groups is 2. The molecule has 6 heteroatoms. The monoisotopic (exact) mass is 280 g/mol. The van der Waals surface area contributed by atoms with Gasteiger partial charge in [0.1, 0.15) is 5.56 Å². The van der Waals surface area contributed by atoms with E-state index in [1.807, 2.05) is 0 Å². The van der Waals surface area contributed by atoms with E-state index in [9.17, 15) is 19.5 Å². The molecule has 1 aromatic heterocycles. The molecule has 0 radical (unpaired) electrons. The summed E-state index contributed by atoms with van der Waals surface area (Å²) < 4.78 is 0. The quantitative estimate of drug-likeness (QED) is 0.774. The lowest BCUT2D eigenvalue weighted by atomic mass is 9.74. The first-order valence-corrected chi connectivity index (χ1v) is 6.24. The van der Waals surface area contributed by atoms with Gasteiger partial charge in [-0.25, -0.2) is 0 Å². The molecule has 0 spiro atoms. The summed E-state index contributed by atoms with van der Waals surface area (Å²) in [5, 5.41) is 11.8. The molecule has 0 saturated heterocycles. The molecule has 3 N–H and O–H groups in total. The zero-order valence-electron chi connectivity index (χ0n) is 12.3. The Hall–Kier alpha value is -2.11. The van der Waals surface area contributed by atoms with E-state index in [0.29, 0.717) is 5.69 Å². The molecule has 0 aromatic carbocycles. The number of aryl methyl sites for hydroxylation is 1. The molecule has 1 amide bonds. The molecule has 1 heterocycles. The van der Waals surface area contributed by atoms with Crippen molar-refractivity contribution in [3.8, 4) is 0 Å². The van der Waals surface area contributed by atoms with Crippen molar-refractivity contribution >= 4 is 11.9 Å². The second-order valence-corrected chi connectivity index (χ2v) is 5.90. The number of carbonyl (C=O) groups excluding carboxylic acids is 1. The van der Waals surface area contributed by atoms with E-state index in [4.69, 9.17) is 0 Å². The predicted molar refractivity (Wildman–Crippen MR) is 74.8 cm³/mol. The lowest BCUT2D eigenvalue weighted by Crippen LogP contribution is -2.57. The smallest absolute Gasteiger partial charge is 0.311 e. The van der Waals surface area contributed by atoms with Gasteiger partial charge in [0, 0.05) is 18.0 Å². The molecule has 20 heavy (non-hydrogen) atoms. The standard InChI is InChI=1S/C14H20N2O4/c1-8-6-10(17)9(7-15-8)11(18)16-14(4,5)13(2,3)12(19)20/h6-7H,1-5H3,(H,15,17)(H,16,18)(H,19,20). The average molecular weight is 280 g/mol. The van der Waals surface area contributed by atoms with E-state index in [0.717, 1.165) is 0 Å². The average Bonchev–Trinajstić information content (AvgIpc) is 2.27. The third-order valence-corrected chi connectivity index (χ3v) is 3.83. The summed E-state index contributed by atoms with van der Waals surface area (Å²) in [5.74, 6) is -1.62. The molecule has 1 rings (SSSR count). The molecular weight excluding hydrogens is 260 g/mol. The van der Waals surface area contributed by atoms with E-state index < -0.39 is 28.3 Å². The Kier molecular flexibility index (Phi) is 4.07. The van der Waals surface area contributed by atoms with Gasteiger partial charge in [0.25, 0.3) is 5.91 Å². The molecule has 110 valence electrons. The van der Waals surface area contributed by atoms with Crippen LogP contribution in [0.15, 0.2) is 17.1 Å². The van der Waals surface area contributed by atoms with Crippen molar-refractivity contribution in [1.82, 2.24) is 10.3 Å².